The van der Waals surface area contributed by atoms with Crippen LogP contribution in [0.25, 0.3) is 23.3 Å². The van der Waals surface area contributed by atoms with Gasteiger partial charge in [-0.25, -0.2) is 9.78 Å². The molecule has 0 radical (unpaired) electrons. The van der Waals surface area contributed by atoms with E-state index < -0.39 is 0 Å². The molecule has 0 amide bonds. The molecule has 6 nitrogen and oxygen atoms in total. The molecule has 3 aromatic rings. The van der Waals surface area contributed by atoms with Gasteiger partial charge in [-0.05, 0) is 18.1 Å². The van der Waals surface area contributed by atoms with Crippen LogP contribution in [0.2, 0.25) is 0 Å². The topological polar surface area (TPSA) is 72.7 Å². The number of fused-ring (bicyclic) bond motifs is 1. The van der Waals surface area contributed by atoms with Crippen LogP contribution >= 0.6 is 0 Å². The molecule has 118 valence electrons. The average Bonchev–Trinajstić information content (AvgIpc) is 3.00. The second-order valence-electron chi connectivity index (χ2n) is 5.36. The van der Waals surface area contributed by atoms with Crippen LogP contribution in [0.3, 0.4) is 0 Å². The summed E-state index contributed by atoms with van der Waals surface area (Å²) < 4.78 is 2.65. The van der Waals surface area contributed by atoms with Crippen LogP contribution in [-0.2, 0) is 13.6 Å². The summed E-state index contributed by atoms with van der Waals surface area (Å²) in [5.41, 5.74) is 1.10. The first-order valence-corrected chi connectivity index (χ1v) is 7.54. The molecular weight excluding hydrogens is 292 g/mol. The minimum absolute atomic E-state index is 0.338. The number of benzene rings is 1. The molecule has 2 heterocycles. The molecule has 2 aromatic heterocycles. The zero-order valence-corrected chi connectivity index (χ0v) is 13.1. The predicted octanol–water partition coefficient (Wildman–Crippen LogP) is 2.00. The highest BCUT2D eigenvalue weighted by molar-refractivity contribution is 5.75. The zero-order valence-electron chi connectivity index (χ0n) is 13.1. The molecule has 0 saturated carbocycles. The quantitative estimate of drug-likeness (QED) is 0.801. The fourth-order valence-electron chi connectivity index (χ4n) is 2.50. The van der Waals surface area contributed by atoms with E-state index in [1.165, 1.54) is 11.6 Å². The number of hydrogen-bond acceptors (Lipinski definition) is 3. The second kappa shape index (κ2) is 6.08. The molecule has 0 saturated heterocycles. The van der Waals surface area contributed by atoms with E-state index in [0.29, 0.717) is 23.5 Å². The van der Waals surface area contributed by atoms with Crippen LogP contribution in [0.4, 0.5) is 0 Å². The lowest BCUT2D eigenvalue weighted by molar-refractivity contribution is 0.611. The van der Waals surface area contributed by atoms with Crippen molar-refractivity contribution in [3.63, 3.8) is 0 Å². The molecule has 23 heavy (non-hydrogen) atoms. The van der Waals surface area contributed by atoms with E-state index in [9.17, 15) is 9.59 Å². The molecule has 0 unspecified atom stereocenters. The maximum Gasteiger partial charge on any atom is 0.332 e. The number of aryl methyl sites for hydroxylation is 1. The second-order valence-corrected chi connectivity index (χ2v) is 5.36. The highest BCUT2D eigenvalue weighted by Gasteiger charge is 2.14. The molecular formula is C17H18N4O2. The van der Waals surface area contributed by atoms with Gasteiger partial charge in [0.15, 0.2) is 5.65 Å². The first-order chi connectivity index (χ1) is 11.1. The molecule has 0 atom stereocenters. The molecule has 1 aromatic carbocycles. The van der Waals surface area contributed by atoms with Crippen molar-refractivity contribution < 1.29 is 0 Å². The van der Waals surface area contributed by atoms with Gasteiger partial charge in [0.1, 0.15) is 11.3 Å². The minimum Gasteiger partial charge on any atom is -0.333 e. The Kier molecular flexibility index (Phi) is 3.97. The summed E-state index contributed by atoms with van der Waals surface area (Å²) in [5.74, 6) is 0.552. The number of nitrogens with one attached hydrogen (secondary N) is 1. The third kappa shape index (κ3) is 2.75. The maximum atomic E-state index is 12.2. The standard InChI is InChI=1S/C17H18N4O2/c1-3-11-21-15-14(16(22)20(2)17(21)23)18-13(19-15)10-9-12-7-5-4-6-8-12/h4-10H,3,11H2,1-2H3,(H,18,19)/b10-9+. The van der Waals surface area contributed by atoms with Crippen molar-refractivity contribution in [3.05, 3.63) is 62.6 Å². The minimum atomic E-state index is -0.357. The predicted molar refractivity (Wildman–Crippen MR) is 91.3 cm³/mol. The monoisotopic (exact) mass is 310 g/mol. The van der Waals surface area contributed by atoms with Crippen molar-refractivity contribution in [2.24, 2.45) is 7.05 Å². The summed E-state index contributed by atoms with van der Waals surface area (Å²) in [6.45, 7) is 2.50. The first-order valence-electron chi connectivity index (χ1n) is 7.54. The molecule has 0 aliphatic carbocycles. The van der Waals surface area contributed by atoms with Gasteiger partial charge in [-0.15, -0.1) is 0 Å². The molecule has 0 aliphatic rings. The Bertz CT molecular complexity index is 977. The number of rotatable bonds is 4. The Labute approximate surface area is 132 Å². The van der Waals surface area contributed by atoms with Crippen LogP contribution in [-0.4, -0.2) is 19.1 Å². The van der Waals surface area contributed by atoms with Crippen LogP contribution in [0.1, 0.15) is 24.7 Å². The molecule has 0 fully saturated rings. The summed E-state index contributed by atoms with van der Waals surface area (Å²) in [5, 5.41) is 0. The Morgan fingerprint density at radius 1 is 1.17 bits per heavy atom. The zero-order chi connectivity index (χ0) is 16.4. The van der Waals surface area contributed by atoms with Gasteiger partial charge in [0.25, 0.3) is 5.56 Å². The van der Waals surface area contributed by atoms with Crippen LogP contribution in [0, 0.1) is 0 Å². The van der Waals surface area contributed by atoms with Crippen molar-refractivity contribution in [2.75, 3.05) is 0 Å². The number of hydrogen-bond donors (Lipinski definition) is 1. The third-order valence-electron chi connectivity index (χ3n) is 3.68. The van der Waals surface area contributed by atoms with Gasteiger partial charge in [0, 0.05) is 13.6 Å². The number of nitrogens with zero attached hydrogens (tertiary/aromatic N) is 3. The number of H-pyrrole nitrogens is 1. The Balaban J connectivity index is 2.13. The maximum absolute atomic E-state index is 12.2. The third-order valence-corrected chi connectivity index (χ3v) is 3.68. The molecule has 0 aliphatic heterocycles. The highest BCUT2D eigenvalue weighted by Crippen LogP contribution is 2.10. The fourth-order valence-corrected chi connectivity index (χ4v) is 2.50. The summed E-state index contributed by atoms with van der Waals surface area (Å²) in [7, 11) is 1.48. The van der Waals surface area contributed by atoms with Crippen molar-refractivity contribution in [2.45, 2.75) is 19.9 Å². The fraction of sp³-hybridized carbons (Fsp3) is 0.235. The SMILES string of the molecule is CCCn1c(=O)n(C)c(=O)c2[nH]c(/C=C/c3ccccc3)nc21. The molecule has 1 N–H and O–H groups in total. The summed E-state index contributed by atoms with van der Waals surface area (Å²) in [4.78, 5) is 31.9. The van der Waals surface area contributed by atoms with Crippen LogP contribution in [0.5, 0.6) is 0 Å². The lowest BCUT2D eigenvalue weighted by Crippen LogP contribution is -2.38. The van der Waals surface area contributed by atoms with E-state index in [1.807, 2.05) is 43.3 Å². The van der Waals surface area contributed by atoms with Gasteiger partial charge in [0.05, 0.1) is 0 Å². The van der Waals surface area contributed by atoms with Crippen molar-refractivity contribution >= 4 is 23.3 Å². The Hall–Kier alpha value is -2.89. The van der Waals surface area contributed by atoms with E-state index in [2.05, 4.69) is 9.97 Å². The highest BCUT2D eigenvalue weighted by atomic mass is 16.2. The number of imidazole rings is 1. The average molecular weight is 310 g/mol. The van der Waals surface area contributed by atoms with Crippen molar-refractivity contribution in [3.8, 4) is 0 Å². The van der Waals surface area contributed by atoms with E-state index in [-0.39, 0.29) is 11.2 Å². The van der Waals surface area contributed by atoms with E-state index in [4.69, 9.17) is 0 Å². The van der Waals surface area contributed by atoms with E-state index >= 15 is 0 Å². The van der Waals surface area contributed by atoms with E-state index in [1.54, 1.807) is 6.08 Å². The molecule has 3 rings (SSSR count). The molecule has 6 heteroatoms. The van der Waals surface area contributed by atoms with Gasteiger partial charge in [-0.2, -0.15) is 0 Å². The number of aromatic amines is 1. The first kappa shape index (κ1) is 15.0. The summed E-state index contributed by atoms with van der Waals surface area (Å²) in [6.07, 6.45) is 4.50. The van der Waals surface area contributed by atoms with E-state index in [0.717, 1.165) is 16.6 Å². The Morgan fingerprint density at radius 3 is 2.61 bits per heavy atom. The van der Waals surface area contributed by atoms with Crippen LogP contribution in [0.15, 0.2) is 39.9 Å². The summed E-state index contributed by atoms with van der Waals surface area (Å²) in [6, 6.07) is 9.81. The van der Waals surface area contributed by atoms with Gasteiger partial charge in [-0.1, -0.05) is 43.3 Å². The van der Waals surface area contributed by atoms with Crippen molar-refractivity contribution in [1.82, 2.24) is 19.1 Å². The van der Waals surface area contributed by atoms with Crippen LogP contribution < -0.4 is 11.2 Å². The normalized spacial score (nSPS) is 11.6. The largest absolute Gasteiger partial charge is 0.333 e. The smallest absolute Gasteiger partial charge is 0.332 e. The van der Waals surface area contributed by atoms with Gasteiger partial charge in [0.2, 0.25) is 0 Å². The van der Waals surface area contributed by atoms with Gasteiger partial charge < -0.3 is 4.98 Å². The number of aromatic nitrogens is 4. The lowest BCUT2D eigenvalue weighted by atomic mass is 10.2. The van der Waals surface area contributed by atoms with Crippen molar-refractivity contribution in [1.29, 1.82) is 0 Å². The molecule has 0 bridgehead atoms. The van der Waals surface area contributed by atoms with Gasteiger partial charge >= 0.3 is 5.69 Å². The van der Waals surface area contributed by atoms with Gasteiger partial charge in [-0.3, -0.25) is 13.9 Å². The molecule has 0 spiro atoms. The summed E-state index contributed by atoms with van der Waals surface area (Å²) >= 11 is 0. The lowest BCUT2D eigenvalue weighted by Gasteiger charge is -2.06. The Morgan fingerprint density at radius 2 is 1.91 bits per heavy atom.